The van der Waals surface area contributed by atoms with Gasteiger partial charge < -0.3 is 4.90 Å². The maximum Gasteiger partial charge on any atom is 0.00123 e. The highest BCUT2D eigenvalue weighted by atomic mass is 15.1. The average Bonchev–Trinajstić information content (AvgIpc) is 2.18. The molecule has 0 amide bonds. The Morgan fingerprint density at radius 1 is 1.08 bits per heavy atom. The van der Waals surface area contributed by atoms with Gasteiger partial charge in [-0.2, -0.15) is 0 Å². The molecule has 0 spiro atoms. The van der Waals surface area contributed by atoms with E-state index in [0.29, 0.717) is 0 Å². The van der Waals surface area contributed by atoms with Crippen molar-refractivity contribution < 1.29 is 0 Å². The first-order chi connectivity index (χ1) is 6.40. The van der Waals surface area contributed by atoms with Gasteiger partial charge in [0.05, 0.1) is 0 Å². The molecule has 1 radical (unpaired) electrons. The van der Waals surface area contributed by atoms with Crippen LogP contribution in [0.25, 0.3) is 0 Å². The van der Waals surface area contributed by atoms with Crippen LogP contribution in [-0.4, -0.2) is 24.5 Å². The van der Waals surface area contributed by atoms with Crippen molar-refractivity contribution >= 4 is 0 Å². The first kappa shape index (κ1) is 9.51. The second-order valence-electron chi connectivity index (χ2n) is 4.75. The van der Waals surface area contributed by atoms with Gasteiger partial charge in [-0.15, -0.1) is 0 Å². The molecule has 0 bridgehead atoms. The highest BCUT2D eigenvalue weighted by molar-refractivity contribution is 4.83. The molecular weight excluding hydrogens is 158 g/mol. The zero-order chi connectivity index (χ0) is 9.10. The van der Waals surface area contributed by atoms with E-state index in [4.69, 9.17) is 0 Å². The van der Waals surface area contributed by atoms with E-state index in [2.05, 4.69) is 11.8 Å². The summed E-state index contributed by atoms with van der Waals surface area (Å²) in [6, 6.07) is 0. The largest absolute Gasteiger partial charge is 0.303 e. The Morgan fingerprint density at radius 2 is 1.85 bits per heavy atom. The molecule has 2 rings (SSSR count). The molecule has 1 saturated heterocycles. The van der Waals surface area contributed by atoms with E-state index in [1.54, 1.807) is 0 Å². The Hall–Kier alpha value is -0.0400. The highest BCUT2D eigenvalue weighted by Crippen LogP contribution is 2.35. The lowest BCUT2D eigenvalue weighted by Crippen LogP contribution is -2.41. The molecule has 13 heavy (non-hydrogen) atoms. The van der Waals surface area contributed by atoms with Crippen molar-refractivity contribution in [3.05, 3.63) is 6.92 Å². The monoisotopic (exact) mass is 180 g/mol. The maximum atomic E-state index is 3.94. The molecule has 0 unspecified atom stereocenters. The van der Waals surface area contributed by atoms with E-state index in [1.165, 1.54) is 51.7 Å². The average molecular weight is 180 g/mol. The van der Waals surface area contributed by atoms with Crippen LogP contribution in [0.5, 0.6) is 0 Å². The van der Waals surface area contributed by atoms with Crippen LogP contribution in [0.4, 0.5) is 0 Å². The van der Waals surface area contributed by atoms with Crippen LogP contribution in [0.1, 0.15) is 38.5 Å². The maximum absolute atomic E-state index is 3.94. The molecule has 1 heterocycles. The first-order valence-electron chi connectivity index (χ1n) is 5.92. The van der Waals surface area contributed by atoms with Crippen molar-refractivity contribution in [2.75, 3.05) is 19.6 Å². The number of hydrogen-bond acceptors (Lipinski definition) is 1. The lowest BCUT2D eigenvalue weighted by Gasteiger charge is -2.41. The second-order valence-corrected chi connectivity index (χ2v) is 4.75. The normalized spacial score (nSPS) is 35.8. The third kappa shape index (κ3) is 2.25. The Bertz CT molecular complexity index is 155. The van der Waals surface area contributed by atoms with Crippen LogP contribution in [-0.2, 0) is 0 Å². The van der Waals surface area contributed by atoms with Gasteiger partial charge in [-0.25, -0.2) is 0 Å². The van der Waals surface area contributed by atoms with Crippen LogP contribution < -0.4 is 0 Å². The molecule has 1 nitrogen and oxygen atoms in total. The van der Waals surface area contributed by atoms with Crippen molar-refractivity contribution in [3.8, 4) is 0 Å². The smallest absolute Gasteiger partial charge is 0.00123 e. The van der Waals surface area contributed by atoms with Crippen molar-refractivity contribution in [1.82, 2.24) is 4.90 Å². The van der Waals surface area contributed by atoms with Gasteiger partial charge in [-0.3, -0.25) is 0 Å². The Labute approximate surface area is 82.5 Å². The lowest BCUT2D eigenvalue weighted by molar-refractivity contribution is 0.0881. The SMILES string of the molecule is [CH2]CCN1CC[C@H]2CCCC[C@@H]2C1. The van der Waals surface area contributed by atoms with Crippen LogP contribution in [0.3, 0.4) is 0 Å². The zero-order valence-electron chi connectivity index (χ0n) is 8.67. The minimum Gasteiger partial charge on any atom is -0.303 e. The molecule has 75 valence electrons. The van der Waals surface area contributed by atoms with Gasteiger partial charge in [0.2, 0.25) is 0 Å². The molecule has 0 aromatic heterocycles. The van der Waals surface area contributed by atoms with Crippen LogP contribution in [0.2, 0.25) is 0 Å². The number of rotatable bonds is 2. The van der Waals surface area contributed by atoms with Gasteiger partial charge in [-0.1, -0.05) is 26.2 Å². The van der Waals surface area contributed by atoms with Crippen LogP contribution in [0, 0.1) is 18.8 Å². The molecule has 1 aliphatic carbocycles. The van der Waals surface area contributed by atoms with Crippen LogP contribution in [0.15, 0.2) is 0 Å². The summed E-state index contributed by atoms with van der Waals surface area (Å²) in [7, 11) is 0. The highest BCUT2D eigenvalue weighted by Gasteiger charge is 2.30. The molecular formula is C12H22N. The van der Waals surface area contributed by atoms with E-state index in [0.717, 1.165) is 18.3 Å². The lowest BCUT2D eigenvalue weighted by atomic mass is 9.75. The fraction of sp³-hybridized carbons (Fsp3) is 0.917. The molecule has 2 atom stereocenters. The Balaban J connectivity index is 1.84. The summed E-state index contributed by atoms with van der Waals surface area (Å²) in [5, 5.41) is 0. The minimum absolute atomic E-state index is 1.04. The summed E-state index contributed by atoms with van der Waals surface area (Å²) in [4.78, 5) is 2.62. The predicted octanol–water partition coefficient (Wildman–Crippen LogP) is 2.72. The molecule has 1 saturated carbocycles. The summed E-state index contributed by atoms with van der Waals surface area (Å²) in [6.07, 6.45) is 8.54. The van der Waals surface area contributed by atoms with Crippen molar-refractivity contribution in [2.45, 2.75) is 38.5 Å². The number of piperidine rings is 1. The number of hydrogen-bond donors (Lipinski definition) is 0. The number of nitrogens with zero attached hydrogens (tertiary/aromatic N) is 1. The van der Waals surface area contributed by atoms with Crippen LogP contribution >= 0.6 is 0 Å². The minimum atomic E-state index is 1.04. The third-order valence-corrected chi connectivity index (χ3v) is 3.85. The topological polar surface area (TPSA) is 3.24 Å². The van der Waals surface area contributed by atoms with Crippen molar-refractivity contribution in [1.29, 1.82) is 0 Å². The molecule has 1 aliphatic heterocycles. The van der Waals surface area contributed by atoms with Crippen molar-refractivity contribution in [3.63, 3.8) is 0 Å². The molecule has 0 aromatic carbocycles. The van der Waals surface area contributed by atoms with Gasteiger partial charge >= 0.3 is 0 Å². The molecule has 0 aromatic rings. The molecule has 2 aliphatic rings. The first-order valence-corrected chi connectivity index (χ1v) is 5.92. The quantitative estimate of drug-likeness (QED) is 0.631. The number of fused-ring (bicyclic) bond motifs is 1. The van der Waals surface area contributed by atoms with E-state index in [-0.39, 0.29) is 0 Å². The fourth-order valence-corrected chi connectivity index (χ4v) is 3.10. The van der Waals surface area contributed by atoms with E-state index < -0.39 is 0 Å². The van der Waals surface area contributed by atoms with Gasteiger partial charge in [0.1, 0.15) is 0 Å². The summed E-state index contributed by atoms with van der Waals surface area (Å²) in [5.41, 5.74) is 0. The predicted molar refractivity (Wildman–Crippen MR) is 56.5 cm³/mol. The van der Waals surface area contributed by atoms with E-state index >= 15 is 0 Å². The van der Waals surface area contributed by atoms with Gasteiger partial charge in [-0.05, 0) is 44.2 Å². The molecule has 1 heteroatoms. The second kappa shape index (κ2) is 4.45. The summed E-state index contributed by atoms with van der Waals surface area (Å²) >= 11 is 0. The van der Waals surface area contributed by atoms with E-state index in [1.807, 2.05) is 0 Å². The van der Waals surface area contributed by atoms with Gasteiger partial charge in [0.15, 0.2) is 0 Å². The fourth-order valence-electron chi connectivity index (χ4n) is 3.10. The zero-order valence-corrected chi connectivity index (χ0v) is 8.67. The number of likely N-dealkylation sites (tertiary alicyclic amines) is 1. The summed E-state index contributed by atoms with van der Waals surface area (Å²) in [5.74, 6) is 2.11. The Kier molecular flexibility index (Phi) is 3.26. The molecule has 2 fully saturated rings. The summed E-state index contributed by atoms with van der Waals surface area (Å²) in [6.45, 7) is 7.89. The van der Waals surface area contributed by atoms with E-state index in [9.17, 15) is 0 Å². The standard InChI is InChI=1S/C12H22N/c1-2-8-13-9-7-11-5-3-4-6-12(11)10-13/h11-12H,1-10H2/t11-,12-/m1/s1. The third-order valence-electron chi connectivity index (χ3n) is 3.85. The van der Waals surface area contributed by atoms with Gasteiger partial charge in [0, 0.05) is 6.54 Å². The Morgan fingerprint density at radius 3 is 2.62 bits per heavy atom. The van der Waals surface area contributed by atoms with Crippen molar-refractivity contribution in [2.24, 2.45) is 11.8 Å². The summed E-state index contributed by atoms with van der Waals surface area (Å²) < 4.78 is 0. The molecule has 0 N–H and O–H groups in total. The van der Waals surface area contributed by atoms with Gasteiger partial charge in [0.25, 0.3) is 0 Å².